The molecule has 0 radical (unpaired) electrons. The van der Waals surface area contributed by atoms with Crippen molar-refractivity contribution in [1.82, 2.24) is 0 Å². The van der Waals surface area contributed by atoms with Crippen molar-refractivity contribution in [3.63, 3.8) is 0 Å². The van der Waals surface area contributed by atoms with Gasteiger partial charge < -0.3 is 16.0 Å². The molecule has 1 aliphatic rings. The number of piperidine rings is 1. The smallest absolute Gasteiger partial charge is 0.228 e. The number of hydrogen-bond acceptors (Lipinski definition) is 3. The van der Waals surface area contributed by atoms with Crippen molar-refractivity contribution in [3.8, 4) is 0 Å². The predicted molar refractivity (Wildman–Crippen MR) is 99.3 cm³/mol. The maximum Gasteiger partial charge on any atom is 0.228 e. The molecule has 1 saturated heterocycles. The third-order valence-corrected chi connectivity index (χ3v) is 4.48. The van der Waals surface area contributed by atoms with E-state index in [1.165, 1.54) is 0 Å². The molecule has 0 aliphatic carbocycles. The lowest BCUT2D eigenvalue weighted by Gasteiger charge is -2.26. The first-order valence-electron chi connectivity index (χ1n) is 8.64. The third kappa shape index (κ3) is 4.25. The maximum absolute atomic E-state index is 12.3. The Labute approximate surface area is 147 Å². The second-order valence-corrected chi connectivity index (χ2v) is 6.25. The molecule has 2 aromatic rings. The molecule has 5 heteroatoms. The maximum atomic E-state index is 12.3. The van der Waals surface area contributed by atoms with Gasteiger partial charge in [0.1, 0.15) is 0 Å². The molecule has 3 rings (SSSR count). The fraction of sp³-hybridized carbons (Fsp3) is 0.300. The van der Waals surface area contributed by atoms with Crippen molar-refractivity contribution in [2.45, 2.75) is 32.2 Å². The minimum Gasteiger partial charge on any atom is -0.326 e. The van der Waals surface area contributed by atoms with Crippen LogP contribution in [-0.2, 0) is 22.6 Å². The monoisotopic (exact) mass is 337 g/mol. The molecule has 0 bridgehead atoms. The first kappa shape index (κ1) is 17.2. The number of nitrogens with one attached hydrogen (secondary N) is 1. The largest absolute Gasteiger partial charge is 0.326 e. The minimum atomic E-state index is -0.0808. The van der Waals surface area contributed by atoms with Crippen molar-refractivity contribution in [1.29, 1.82) is 0 Å². The molecule has 25 heavy (non-hydrogen) atoms. The summed E-state index contributed by atoms with van der Waals surface area (Å²) in [6.07, 6.45) is 2.90. The van der Waals surface area contributed by atoms with Gasteiger partial charge in [0.15, 0.2) is 0 Å². The average molecular weight is 337 g/mol. The molecular weight excluding hydrogens is 314 g/mol. The highest BCUT2D eigenvalue weighted by Crippen LogP contribution is 2.22. The van der Waals surface area contributed by atoms with E-state index >= 15 is 0 Å². The van der Waals surface area contributed by atoms with E-state index in [1.807, 2.05) is 53.4 Å². The molecule has 2 amide bonds. The van der Waals surface area contributed by atoms with E-state index in [4.69, 9.17) is 5.73 Å². The molecule has 1 fully saturated rings. The third-order valence-electron chi connectivity index (χ3n) is 4.48. The van der Waals surface area contributed by atoms with Crippen LogP contribution in [0.5, 0.6) is 0 Å². The Morgan fingerprint density at radius 2 is 1.76 bits per heavy atom. The summed E-state index contributed by atoms with van der Waals surface area (Å²) in [6, 6.07) is 15.1. The van der Waals surface area contributed by atoms with E-state index in [2.05, 4.69) is 5.32 Å². The van der Waals surface area contributed by atoms with Gasteiger partial charge in [-0.2, -0.15) is 0 Å². The summed E-state index contributed by atoms with van der Waals surface area (Å²) in [4.78, 5) is 26.1. The molecule has 5 nitrogen and oxygen atoms in total. The Morgan fingerprint density at radius 3 is 2.44 bits per heavy atom. The van der Waals surface area contributed by atoms with Crippen molar-refractivity contribution in [2.75, 3.05) is 16.8 Å². The van der Waals surface area contributed by atoms with Gasteiger partial charge in [-0.3, -0.25) is 9.59 Å². The Bertz CT molecular complexity index is 756. The van der Waals surface area contributed by atoms with E-state index < -0.39 is 0 Å². The van der Waals surface area contributed by atoms with Gasteiger partial charge in [-0.25, -0.2) is 0 Å². The van der Waals surface area contributed by atoms with Crippen LogP contribution in [0.15, 0.2) is 48.5 Å². The van der Waals surface area contributed by atoms with Crippen LogP contribution in [0.2, 0.25) is 0 Å². The minimum absolute atomic E-state index is 0.0808. The van der Waals surface area contributed by atoms with E-state index in [0.717, 1.165) is 41.9 Å². The summed E-state index contributed by atoms with van der Waals surface area (Å²) in [5, 5.41) is 2.90. The molecule has 0 unspecified atom stereocenters. The van der Waals surface area contributed by atoms with Crippen LogP contribution in [-0.4, -0.2) is 18.4 Å². The molecule has 0 aromatic heterocycles. The first-order chi connectivity index (χ1) is 12.2. The zero-order valence-corrected chi connectivity index (χ0v) is 14.2. The normalized spacial score (nSPS) is 14.4. The Hall–Kier alpha value is -2.66. The highest BCUT2D eigenvalue weighted by molar-refractivity contribution is 5.95. The number of nitrogens with zero attached hydrogens (tertiary/aromatic N) is 1. The standard InChI is InChI=1S/C20H23N3O2/c21-14-16-6-2-1-5-15(16)13-19(24)22-17-8-10-18(11-9-17)23-12-4-3-7-20(23)25/h1-2,5-6,8-11H,3-4,7,12-14,21H2,(H,22,24). The van der Waals surface area contributed by atoms with Crippen molar-refractivity contribution in [3.05, 3.63) is 59.7 Å². The van der Waals surface area contributed by atoms with Crippen molar-refractivity contribution < 1.29 is 9.59 Å². The van der Waals surface area contributed by atoms with Crippen LogP contribution in [0.3, 0.4) is 0 Å². The number of anilines is 2. The lowest BCUT2D eigenvalue weighted by atomic mass is 10.0. The number of carbonyl (C=O) groups is 2. The number of carbonyl (C=O) groups excluding carboxylic acids is 2. The second-order valence-electron chi connectivity index (χ2n) is 6.25. The lowest BCUT2D eigenvalue weighted by Crippen LogP contribution is -2.35. The van der Waals surface area contributed by atoms with Gasteiger partial charge in [-0.05, 0) is 48.2 Å². The molecule has 2 aromatic carbocycles. The fourth-order valence-corrected chi connectivity index (χ4v) is 3.11. The zero-order valence-electron chi connectivity index (χ0n) is 14.2. The quantitative estimate of drug-likeness (QED) is 0.881. The summed E-state index contributed by atoms with van der Waals surface area (Å²) < 4.78 is 0. The zero-order chi connectivity index (χ0) is 17.6. The van der Waals surface area contributed by atoms with Gasteiger partial charge in [-0.15, -0.1) is 0 Å². The molecule has 0 spiro atoms. The van der Waals surface area contributed by atoms with E-state index in [1.54, 1.807) is 0 Å². The predicted octanol–water partition coefficient (Wildman–Crippen LogP) is 2.84. The van der Waals surface area contributed by atoms with Gasteiger partial charge in [0.05, 0.1) is 6.42 Å². The Balaban J connectivity index is 1.63. The Kier molecular flexibility index (Phi) is 5.46. The molecule has 130 valence electrons. The Morgan fingerprint density at radius 1 is 1.04 bits per heavy atom. The van der Waals surface area contributed by atoms with Crippen LogP contribution in [0, 0.1) is 0 Å². The summed E-state index contributed by atoms with van der Waals surface area (Å²) in [5.41, 5.74) is 9.25. The SMILES string of the molecule is NCc1ccccc1CC(=O)Nc1ccc(N2CCCCC2=O)cc1. The molecule has 1 heterocycles. The van der Waals surface area contributed by atoms with E-state index in [9.17, 15) is 9.59 Å². The molecular formula is C20H23N3O2. The van der Waals surface area contributed by atoms with Crippen LogP contribution in [0.25, 0.3) is 0 Å². The van der Waals surface area contributed by atoms with Gasteiger partial charge in [-0.1, -0.05) is 24.3 Å². The summed E-state index contributed by atoms with van der Waals surface area (Å²) >= 11 is 0. The van der Waals surface area contributed by atoms with Gasteiger partial charge in [0.2, 0.25) is 11.8 Å². The topological polar surface area (TPSA) is 75.4 Å². The summed E-state index contributed by atoms with van der Waals surface area (Å²) in [7, 11) is 0. The van der Waals surface area contributed by atoms with Crippen LogP contribution in [0.1, 0.15) is 30.4 Å². The number of rotatable bonds is 5. The van der Waals surface area contributed by atoms with Crippen LogP contribution in [0.4, 0.5) is 11.4 Å². The van der Waals surface area contributed by atoms with E-state index in [0.29, 0.717) is 19.4 Å². The number of amides is 2. The van der Waals surface area contributed by atoms with Gasteiger partial charge in [0.25, 0.3) is 0 Å². The molecule has 1 aliphatic heterocycles. The van der Waals surface area contributed by atoms with Gasteiger partial charge in [0, 0.05) is 30.9 Å². The van der Waals surface area contributed by atoms with Crippen LogP contribution < -0.4 is 16.0 Å². The van der Waals surface area contributed by atoms with Crippen molar-refractivity contribution >= 4 is 23.2 Å². The highest BCUT2D eigenvalue weighted by atomic mass is 16.2. The number of hydrogen-bond donors (Lipinski definition) is 2. The second kappa shape index (κ2) is 7.94. The highest BCUT2D eigenvalue weighted by Gasteiger charge is 2.19. The number of nitrogens with two attached hydrogens (primary N) is 1. The van der Waals surface area contributed by atoms with E-state index in [-0.39, 0.29) is 11.8 Å². The van der Waals surface area contributed by atoms with Gasteiger partial charge >= 0.3 is 0 Å². The molecule has 0 saturated carbocycles. The molecule has 0 atom stereocenters. The van der Waals surface area contributed by atoms with Crippen molar-refractivity contribution in [2.24, 2.45) is 5.73 Å². The molecule has 3 N–H and O–H groups in total. The summed E-state index contributed by atoms with van der Waals surface area (Å²) in [6.45, 7) is 1.18. The number of benzene rings is 2. The fourth-order valence-electron chi connectivity index (χ4n) is 3.11. The van der Waals surface area contributed by atoms with Crippen LogP contribution >= 0.6 is 0 Å². The lowest BCUT2D eigenvalue weighted by molar-refractivity contribution is -0.119. The average Bonchev–Trinajstić information content (AvgIpc) is 2.63. The first-order valence-corrected chi connectivity index (χ1v) is 8.64. The summed E-state index contributed by atoms with van der Waals surface area (Å²) in [5.74, 6) is 0.0872.